The first-order valence-corrected chi connectivity index (χ1v) is 9.86. The molecule has 2 aromatic carbocycles. The number of carbonyl (C=O) groups is 2. The first kappa shape index (κ1) is 19.8. The minimum Gasteiger partial charge on any atom is -0.489 e. The molecule has 1 aliphatic rings. The molecule has 0 spiro atoms. The van der Waals surface area contributed by atoms with Gasteiger partial charge in [-0.3, -0.25) is 14.5 Å². The average Bonchev–Trinajstić information content (AvgIpc) is 2.91. The summed E-state index contributed by atoms with van der Waals surface area (Å²) in [5, 5.41) is 0.762. The molecule has 0 atom stereocenters. The summed E-state index contributed by atoms with van der Waals surface area (Å²) in [6.07, 6.45) is 1.72. The van der Waals surface area contributed by atoms with E-state index in [2.05, 4.69) is 0 Å². The molecular weight excluding hydrogens is 405 g/mol. The second-order valence-electron chi connectivity index (χ2n) is 6.25. The Morgan fingerprint density at radius 3 is 2.37 bits per heavy atom. The molecule has 140 valence electrons. The molecule has 2 aromatic rings. The fourth-order valence-electron chi connectivity index (χ4n) is 2.53. The number of thioether (sulfide) groups is 1. The highest BCUT2D eigenvalue weighted by molar-refractivity contribution is 8.18. The van der Waals surface area contributed by atoms with Gasteiger partial charge in [0.2, 0.25) is 0 Å². The molecule has 0 N–H and O–H groups in total. The predicted molar refractivity (Wildman–Crippen MR) is 110 cm³/mol. The van der Waals surface area contributed by atoms with Gasteiger partial charge in [-0.25, -0.2) is 0 Å². The lowest BCUT2D eigenvalue weighted by Crippen LogP contribution is -2.34. The SMILES string of the molecule is CC(C)N1C(=O)S/C(=C\c2ccc(OCc3ccc(Cl)c(Cl)c3)cc2)C1=O. The fraction of sp³-hybridized carbons (Fsp3) is 0.200. The fourth-order valence-corrected chi connectivity index (χ4v) is 3.81. The number of hydrogen-bond acceptors (Lipinski definition) is 4. The normalized spacial score (nSPS) is 15.9. The Balaban J connectivity index is 1.66. The van der Waals surface area contributed by atoms with Crippen LogP contribution in [0.5, 0.6) is 5.75 Å². The Labute approximate surface area is 172 Å². The van der Waals surface area contributed by atoms with Crippen molar-refractivity contribution in [3.63, 3.8) is 0 Å². The summed E-state index contributed by atoms with van der Waals surface area (Å²) in [7, 11) is 0. The summed E-state index contributed by atoms with van der Waals surface area (Å²) in [4.78, 5) is 25.9. The molecule has 27 heavy (non-hydrogen) atoms. The third kappa shape index (κ3) is 4.67. The Hall–Kier alpha value is -1.95. The zero-order valence-electron chi connectivity index (χ0n) is 14.7. The van der Waals surface area contributed by atoms with E-state index in [0.717, 1.165) is 22.9 Å². The smallest absolute Gasteiger partial charge is 0.293 e. The maximum Gasteiger partial charge on any atom is 0.293 e. The zero-order valence-corrected chi connectivity index (χ0v) is 17.1. The second-order valence-corrected chi connectivity index (χ2v) is 8.06. The van der Waals surface area contributed by atoms with Crippen molar-refractivity contribution in [1.29, 1.82) is 0 Å². The van der Waals surface area contributed by atoms with Crippen molar-refractivity contribution in [1.82, 2.24) is 4.90 Å². The van der Waals surface area contributed by atoms with Crippen molar-refractivity contribution in [2.75, 3.05) is 0 Å². The van der Waals surface area contributed by atoms with Crippen LogP contribution in [-0.2, 0) is 11.4 Å². The first-order chi connectivity index (χ1) is 12.8. The van der Waals surface area contributed by atoms with Crippen LogP contribution < -0.4 is 4.74 Å². The van der Waals surface area contributed by atoms with Gasteiger partial charge in [-0.2, -0.15) is 0 Å². The van der Waals surface area contributed by atoms with Crippen LogP contribution in [0.4, 0.5) is 4.79 Å². The molecule has 3 rings (SSSR count). The van der Waals surface area contributed by atoms with Crippen LogP contribution in [0.1, 0.15) is 25.0 Å². The maximum absolute atomic E-state index is 12.3. The molecule has 0 unspecified atom stereocenters. The summed E-state index contributed by atoms with van der Waals surface area (Å²) in [6.45, 7) is 4.00. The number of imide groups is 1. The van der Waals surface area contributed by atoms with Gasteiger partial charge in [-0.05, 0) is 67.1 Å². The average molecular weight is 422 g/mol. The van der Waals surface area contributed by atoms with Gasteiger partial charge in [-0.1, -0.05) is 41.4 Å². The molecule has 1 fully saturated rings. The quantitative estimate of drug-likeness (QED) is 0.553. The van der Waals surface area contributed by atoms with E-state index in [-0.39, 0.29) is 17.2 Å². The highest BCUT2D eigenvalue weighted by Gasteiger charge is 2.36. The Kier molecular flexibility index (Phi) is 6.15. The van der Waals surface area contributed by atoms with Crippen LogP contribution in [0.2, 0.25) is 10.0 Å². The van der Waals surface area contributed by atoms with E-state index in [4.69, 9.17) is 27.9 Å². The van der Waals surface area contributed by atoms with Gasteiger partial charge in [0.05, 0.1) is 15.0 Å². The first-order valence-electron chi connectivity index (χ1n) is 8.29. The van der Waals surface area contributed by atoms with Gasteiger partial charge in [0.15, 0.2) is 0 Å². The molecule has 0 saturated carbocycles. The molecule has 1 aliphatic heterocycles. The van der Waals surface area contributed by atoms with Crippen molar-refractivity contribution in [3.05, 3.63) is 68.5 Å². The zero-order chi connectivity index (χ0) is 19.6. The third-order valence-electron chi connectivity index (χ3n) is 3.91. The Morgan fingerprint density at radius 1 is 1.07 bits per heavy atom. The number of rotatable bonds is 5. The highest BCUT2D eigenvalue weighted by atomic mass is 35.5. The van der Waals surface area contributed by atoms with Crippen LogP contribution >= 0.6 is 35.0 Å². The lowest BCUT2D eigenvalue weighted by Gasteiger charge is -2.16. The molecular formula is C20H17Cl2NO3S. The lowest BCUT2D eigenvalue weighted by molar-refractivity contribution is -0.123. The van der Waals surface area contributed by atoms with E-state index < -0.39 is 0 Å². The minimum absolute atomic E-state index is 0.152. The van der Waals surface area contributed by atoms with Crippen LogP contribution in [0, 0.1) is 0 Å². The molecule has 4 nitrogen and oxygen atoms in total. The van der Waals surface area contributed by atoms with Crippen LogP contribution in [0.3, 0.4) is 0 Å². The van der Waals surface area contributed by atoms with Gasteiger partial charge < -0.3 is 4.74 Å². The standard InChI is InChI=1S/C20H17Cl2NO3S/c1-12(2)23-19(24)18(27-20(23)25)10-13-3-6-15(7-4-13)26-11-14-5-8-16(21)17(22)9-14/h3-10,12H,11H2,1-2H3/b18-10-. The van der Waals surface area contributed by atoms with E-state index in [0.29, 0.717) is 27.3 Å². The predicted octanol–water partition coefficient (Wildman–Crippen LogP) is 6.02. The van der Waals surface area contributed by atoms with Crippen LogP contribution in [-0.4, -0.2) is 22.1 Å². The topological polar surface area (TPSA) is 46.6 Å². The number of benzene rings is 2. The van der Waals surface area contributed by atoms with Crippen molar-refractivity contribution < 1.29 is 14.3 Å². The number of ether oxygens (including phenoxy) is 1. The summed E-state index contributed by atoms with van der Waals surface area (Å²) >= 11 is 12.9. The number of carbonyl (C=O) groups excluding carboxylic acids is 2. The lowest BCUT2D eigenvalue weighted by atomic mass is 10.2. The summed E-state index contributed by atoms with van der Waals surface area (Å²) in [6, 6.07) is 12.5. The van der Waals surface area contributed by atoms with Crippen molar-refractivity contribution >= 4 is 52.2 Å². The molecule has 0 aromatic heterocycles. The van der Waals surface area contributed by atoms with Crippen LogP contribution in [0.15, 0.2) is 47.4 Å². The molecule has 1 saturated heterocycles. The van der Waals surface area contributed by atoms with E-state index in [9.17, 15) is 9.59 Å². The summed E-state index contributed by atoms with van der Waals surface area (Å²) in [5.41, 5.74) is 1.74. The molecule has 0 radical (unpaired) electrons. The van der Waals surface area contributed by atoms with Crippen molar-refractivity contribution in [2.45, 2.75) is 26.5 Å². The van der Waals surface area contributed by atoms with Gasteiger partial charge in [0.1, 0.15) is 12.4 Å². The number of nitrogens with zero attached hydrogens (tertiary/aromatic N) is 1. The summed E-state index contributed by atoms with van der Waals surface area (Å²) in [5.74, 6) is 0.438. The van der Waals surface area contributed by atoms with Crippen LogP contribution in [0.25, 0.3) is 6.08 Å². The molecule has 0 bridgehead atoms. The van der Waals surface area contributed by atoms with E-state index in [1.54, 1.807) is 18.2 Å². The molecule has 2 amide bonds. The van der Waals surface area contributed by atoms with Gasteiger partial charge >= 0.3 is 0 Å². The largest absolute Gasteiger partial charge is 0.489 e. The monoisotopic (exact) mass is 421 g/mol. The Morgan fingerprint density at radius 2 is 1.78 bits per heavy atom. The van der Waals surface area contributed by atoms with E-state index >= 15 is 0 Å². The highest BCUT2D eigenvalue weighted by Crippen LogP contribution is 2.33. The molecule has 1 heterocycles. The second kappa shape index (κ2) is 8.38. The van der Waals surface area contributed by atoms with Crippen molar-refractivity contribution in [2.24, 2.45) is 0 Å². The Bertz CT molecular complexity index is 910. The summed E-state index contributed by atoms with van der Waals surface area (Å²) < 4.78 is 5.74. The molecule has 7 heteroatoms. The molecule has 0 aliphatic carbocycles. The maximum atomic E-state index is 12.3. The number of amides is 2. The van der Waals surface area contributed by atoms with Gasteiger partial charge in [-0.15, -0.1) is 0 Å². The van der Waals surface area contributed by atoms with Gasteiger partial charge in [0, 0.05) is 6.04 Å². The minimum atomic E-state index is -0.250. The van der Waals surface area contributed by atoms with Gasteiger partial charge in [0.25, 0.3) is 11.1 Å². The number of hydrogen-bond donors (Lipinski definition) is 0. The number of halogens is 2. The van der Waals surface area contributed by atoms with E-state index in [1.165, 1.54) is 4.90 Å². The van der Waals surface area contributed by atoms with E-state index in [1.807, 2.05) is 44.2 Å². The third-order valence-corrected chi connectivity index (χ3v) is 5.53. The van der Waals surface area contributed by atoms with Crippen molar-refractivity contribution in [3.8, 4) is 5.75 Å².